The van der Waals surface area contributed by atoms with Gasteiger partial charge in [0.05, 0.1) is 13.0 Å². The number of benzene rings is 2. The third kappa shape index (κ3) is 12.3. The molecule has 2 atom stereocenters. The van der Waals surface area contributed by atoms with Gasteiger partial charge in [-0.1, -0.05) is 86.8 Å². The summed E-state index contributed by atoms with van der Waals surface area (Å²) in [7, 11) is 0. The predicted octanol–water partition coefficient (Wildman–Crippen LogP) is 5.34. The van der Waals surface area contributed by atoms with Gasteiger partial charge in [-0.3, -0.25) is 14.4 Å². The van der Waals surface area contributed by atoms with Crippen LogP contribution in [0.1, 0.15) is 83.9 Å². The van der Waals surface area contributed by atoms with E-state index in [0.717, 1.165) is 24.8 Å². The minimum absolute atomic E-state index is 0.0162. The van der Waals surface area contributed by atoms with Crippen LogP contribution in [0.15, 0.2) is 60.7 Å². The van der Waals surface area contributed by atoms with Gasteiger partial charge in [-0.25, -0.2) is 4.79 Å². The summed E-state index contributed by atoms with van der Waals surface area (Å²) in [6.07, 6.45) is 3.10. The van der Waals surface area contributed by atoms with Gasteiger partial charge < -0.3 is 25.0 Å². The lowest BCUT2D eigenvalue weighted by atomic mass is 9.99. The number of nitrogens with zero attached hydrogens (tertiary/aromatic N) is 1. The number of rotatable bonds is 16. The highest BCUT2D eigenvalue weighted by Crippen LogP contribution is 2.24. The Labute approximate surface area is 250 Å². The number of hydrogen-bond donors (Lipinski definition) is 2. The summed E-state index contributed by atoms with van der Waals surface area (Å²) in [5.74, 6) is -1.22. The molecule has 0 spiro atoms. The first kappa shape index (κ1) is 34.3. The van der Waals surface area contributed by atoms with Crippen molar-refractivity contribution in [3.05, 3.63) is 71.8 Å². The Balaban J connectivity index is 2.45. The van der Waals surface area contributed by atoms with Gasteiger partial charge in [-0.15, -0.1) is 0 Å². The van der Waals surface area contributed by atoms with Gasteiger partial charge in [0.2, 0.25) is 11.8 Å². The second-order valence-corrected chi connectivity index (χ2v) is 11.1. The number of nitrogens with one attached hydrogen (secondary N) is 2. The fraction of sp³-hybridized carbons (Fsp3) is 0.515. The predicted molar refractivity (Wildman–Crippen MR) is 163 cm³/mol. The van der Waals surface area contributed by atoms with E-state index in [1.165, 1.54) is 0 Å². The summed E-state index contributed by atoms with van der Waals surface area (Å²) in [6.45, 7) is 9.74. The van der Waals surface area contributed by atoms with Gasteiger partial charge in [0.15, 0.2) is 0 Å². The lowest BCUT2D eigenvalue weighted by Gasteiger charge is -2.34. The normalized spacial score (nSPS) is 12.5. The molecule has 0 radical (unpaired) electrons. The standard InChI is InChI=1S/C33H47N3O6/c1-6-8-9-16-23-36(29(26-19-14-11-15-20-26)30(38)34-22-21-28(37)41-7-2)31(39)27(24-25-17-12-10-13-18-25)35-32(40)42-33(3,4)5/h10-15,17-20,27,29H,6-9,16,21-24H2,1-5H3,(H,34,38)(H,35,40). The molecule has 0 fully saturated rings. The molecule has 0 bridgehead atoms. The van der Waals surface area contributed by atoms with Crippen LogP contribution >= 0.6 is 0 Å². The molecule has 230 valence electrons. The van der Waals surface area contributed by atoms with E-state index in [1.54, 1.807) is 44.7 Å². The first-order valence-corrected chi connectivity index (χ1v) is 14.9. The van der Waals surface area contributed by atoms with E-state index in [-0.39, 0.29) is 26.0 Å². The van der Waals surface area contributed by atoms with Gasteiger partial charge in [0.25, 0.3) is 0 Å². The smallest absolute Gasteiger partial charge is 0.408 e. The van der Waals surface area contributed by atoms with E-state index in [2.05, 4.69) is 17.6 Å². The monoisotopic (exact) mass is 581 g/mol. The third-order valence-electron chi connectivity index (χ3n) is 6.42. The molecule has 2 rings (SSSR count). The lowest BCUT2D eigenvalue weighted by molar-refractivity contribution is -0.144. The van der Waals surface area contributed by atoms with Crippen LogP contribution in [0.2, 0.25) is 0 Å². The number of unbranched alkanes of at least 4 members (excludes halogenated alkanes) is 3. The maximum atomic E-state index is 14.4. The van der Waals surface area contributed by atoms with Crippen molar-refractivity contribution in [2.75, 3.05) is 19.7 Å². The number of amides is 3. The molecule has 2 unspecified atom stereocenters. The van der Waals surface area contributed by atoms with E-state index in [1.807, 2.05) is 48.5 Å². The maximum absolute atomic E-state index is 14.4. The van der Waals surface area contributed by atoms with Gasteiger partial charge in [-0.2, -0.15) is 0 Å². The van der Waals surface area contributed by atoms with Crippen LogP contribution in [0.5, 0.6) is 0 Å². The number of esters is 1. The van der Waals surface area contributed by atoms with Gasteiger partial charge in [0, 0.05) is 19.5 Å². The van der Waals surface area contributed by atoms with Gasteiger partial charge >= 0.3 is 12.1 Å². The molecule has 9 heteroatoms. The van der Waals surface area contributed by atoms with Crippen molar-refractivity contribution < 1.29 is 28.7 Å². The first-order chi connectivity index (χ1) is 20.1. The molecule has 0 saturated carbocycles. The first-order valence-electron chi connectivity index (χ1n) is 14.9. The topological polar surface area (TPSA) is 114 Å². The van der Waals surface area contributed by atoms with Crippen LogP contribution in [-0.2, 0) is 30.3 Å². The van der Waals surface area contributed by atoms with Crippen molar-refractivity contribution in [2.45, 2.75) is 90.8 Å². The average Bonchev–Trinajstić information content (AvgIpc) is 2.94. The highest BCUT2D eigenvalue weighted by Gasteiger charge is 2.36. The van der Waals surface area contributed by atoms with Crippen LogP contribution in [-0.4, -0.2) is 60.1 Å². The van der Waals surface area contributed by atoms with E-state index in [0.29, 0.717) is 18.5 Å². The Bertz CT molecular complexity index is 1120. The second kappa shape index (κ2) is 17.8. The molecule has 0 aliphatic rings. The van der Waals surface area contributed by atoms with Crippen LogP contribution in [0, 0.1) is 0 Å². The highest BCUT2D eigenvalue weighted by molar-refractivity contribution is 5.92. The molecule has 9 nitrogen and oxygen atoms in total. The van der Waals surface area contributed by atoms with E-state index in [9.17, 15) is 19.2 Å². The Hall–Kier alpha value is -3.88. The Morgan fingerprint density at radius 2 is 1.52 bits per heavy atom. The second-order valence-electron chi connectivity index (χ2n) is 11.1. The van der Waals surface area contributed by atoms with E-state index < -0.39 is 41.6 Å². The molecule has 0 saturated heterocycles. The molecule has 0 aliphatic carbocycles. The minimum atomic E-state index is -0.980. The zero-order valence-corrected chi connectivity index (χ0v) is 25.7. The van der Waals surface area contributed by atoms with Crippen LogP contribution in [0.25, 0.3) is 0 Å². The molecule has 0 aromatic heterocycles. The summed E-state index contributed by atoms with van der Waals surface area (Å²) < 4.78 is 10.5. The Morgan fingerprint density at radius 3 is 2.12 bits per heavy atom. The Kier molecular flexibility index (Phi) is 14.6. The van der Waals surface area contributed by atoms with Crippen LogP contribution in [0.4, 0.5) is 4.79 Å². The quantitative estimate of drug-likeness (QED) is 0.204. The molecule has 2 aromatic rings. The van der Waals surface area contributed by atoms with Gasteiger partial charge in [0.1, 0.15) is 17.7 Å². The summed E-state index contributed by atoms with van der Waals surface area (Å²) >= 11 is 0. The van der Waals surface area contributed by atoms with Crippen molar-refractivity contribution in [3.63, 3.8) is 0 Å². The fourth-order valence-corrected chi connectivity index (χ4v) is 4.50. The molecule has 42 heavy (non-hydrogen) atoms. The zero-order chi connectivity index (χ0) is 31.0. The van der Waals surface area contributed by atoms with Crippen LogP contribution in [0.3, 0.4) is 0 Å². The highest BCUT2D eigenvalue weighted by atomic mass is 16.6. The van der Waals surface area contributed by atoms with E-state index in [4.69, 9.17) is 9.47 Å². The van der Waals surface area contributed by atoms with E-state index >= 15 is 0 Å². The third-order valence-corrected chi connectivity index (χ3v) is 6.42. The molecule has 0 aliphatic heterocycles. The van der Waals surface area contributed by atoms with Crippen molar-refractivity contribution in [1.82, 2.24) is 15.5 Å². The number of alkyl carbamates (subject to hydrolysis) is 1. The molecular weight excluding hydrogens is 534 g/mol. The van der Waals surface area contributed by atoms with Crippen molar-refractivity contribution in [1.29, 1.82) is 0 Å². The van der Waals surface area contributed by atoms with Crippen LogP contribution < -0.4 is 10.6 Å². The van der Waals surface area contributed by atoms with Gasteiger partial charge in [-0.05, 0) is 45.2 Å². The maximum Gasteiger partial charge on any atom is 0.408 e. The fourth-order valence-electron chi connectivity index (χ4n) is 4.50. The molecule has 0 heterocycles. The van der Waals surface area contributed by atoms with Crippen molar-refractivity contribution in [3.8, 4) is 0 Å². The lowest BCUT2D eigenvalue weighted by Crippen LogP contribution is -2.54. The molecule has 2 N–H and O–H groups in total. The summed E-state index contributed by atoms with van der Waals surface area (Å²) in [5.41, 5.74) is 0.731. The average molecular weight is 582 g/mol. The number of ether oxygens (including phenoxy) is 2. The van der Waals surface area contributed by atoms with Crippen molar-refractivity contribution >= 4 is 23.9 Å². The molecule has 3 amide bonds. The summed E-state index contributed by atoms with van der Waals surface area (Å²) in [4.78, 5) is 54.5. The molecule has 2 aromatic carbocycles. The number of carbonyl (C=O) groups is 4. The largest absolute Gasteiger partial charge is 0.466 e. The summed E-state index contributed by atoms with van der Waals surface area (Å²) in [5, 5.41) is 5.60. The SMILES string of the molecule is CCCCCCN(C(=O)C(Cc1ccccc1)NC(=O)OC(C)(C)C)C(C(=O)NCCC(=O)OCC)c1ccccc1. The summed E-state index contributed by atoms with van der Waals surface area (Å²) in [6, 6.07) is 16.5. The Morgan fingerprint density at radius 1 is 0.881 bits per heavy atom. The zero-order valence-electron chi connectivity index (χ0n) is 25.7. The van der Waals surface area contributed by atoms with Crippen molar-refractivity contribution in [2.24, 2.45) is 0 Å². The number of hydrogen-bond acceptors (Lipinski definition) is 6. The number of carbonyl (C=O) groups excluding carboxylic acids is 4. The minimum Gasteiger partial charge on any atom is -0.466 e. The molecular formula is C33H47N3O6.